The quantitative estimate of drug-likeness (QED) is 0.634. The molecule has 0 unspecified atom stereocenters. The average molecular weight is 220 g/mol. The van der Waals surface area contributed by atoms with Gasteiger partial charge in [0.2, 0.25) is 0 Å². The number of rotatable bonds is 1. The molecule has 0 saturated carbocycles. The second kappa shape index (κ2) is 3.57. The predicted octanol–water partition coefficient (Wildman–Crippen LogP) is 2.07. The van der Waals surface area contributed by atoms with Crippen LogP contribution in [0.25, 0.3) is 0 Å². The Hall–Kier alpha value is -0.865. The highest BCUT2D eigenvalue weighted by Gasteiger charge is 2.52. The maximum absolute atomic E-state index is 11.3. The lowest BCUT2D eigenvalue weighted by Crippen LogP contribution is -2.41. The zero-order chi connectivity index (χ0) is 12.0. The maximum Gasteiger partial charge on any atom is 0.494 e. The van der Waals surface area contributed by atoms with Crippen molar-refractivity contribution in [1.82, 2.24) is 0 Å². The third kappa shape index (κ3) is 1.87. The van der Waals surface area contributed by atoms with Crippen LogP contribution in [0.15, 0.2) is 23.7 Å². The van der Waals surface area contributed by atoms with Crippen LogP contribution < -0.4 is 0 Å². The molecule has 16 heavy (non-hydrogen) atoms. The molecule has 0 bridgehead atoms. The minimum absolute atomic E-state index is 0.104. The van der Waals surface area contributed by atoms with Gasteiger partial charge in [0.25, 0.3) is 0 Å². The molecule has 4 heteroatoms. The van der Waals surface area contributed by atoms with Gasteiger partial charge in [0.05, 0.1) is 11.2 Å². The molecule has 1 saturated heterocycles. The van der Waals surface area contributed by atoms with Crippen LogP contribution in [-0.4, -0.2) is 24.1 Å². The van der Waals surface area contributed by atoms with E-state index in [0.717, 1.165) is 5.47 Å². The molecule has 0 N–H and O–H groups in total. The summed E-state index contributed by atoms with van der Waals surface area (Å²) in [6.45, 7) is 8.01. The molecule has 1 aliphatic heterocycles. The number of carbonyl (C=O) groups is 1. The van der Waals surface area contributed by atoms with Crippen molar-refractivity contribution in [2.75, 3.05) is 0 Å². The summed E-state index contributed by atoms with van der Waals surface area (Å²) in [6, 6.07) is 0. The maximum atomic E-state index is 11.3. The minimum Gasteiger partial charge on any atom is -0.399 e. The second-order valence-electron chi connectivity index (χ2n) is 5.31. The van der Waals surface area contributed by atoms with Crippen molar-refractivity contribution >= 4 is 12.9 Å². The summed E-state index contributed by atoms with van der Waals surface area (Å²) in [5.74, 6) is 0.104. The highest BCUT2D eigenvalue weighted by Crippen LogP contribution is 2.38. The highest BCUT2D eigenvalue weighted by atomic mass is 16.7. The summed E-state index contributed by atoms with van der Waals surface area (Å²) in [5, 5.41) is 0. The van der Waals surface area contributed by atoms with E-state index < -0.39 is 7.12 Å². The number of ketones is 1. The number of hydrogen-bond donors (Lipinski definition) is 0. The third-order valence-corrected chi connectivity index (χ3v) is 3.48. The fourth-order valence-electron chi connectivity index (χ4n) is 1.73. The van der Waals surface area contributed by atoms with E-state index in [1.54, 1.807) is 6.08 Å². The summed E-state index contributed by atoms with van der Waals surface area (Å²) >= 11 is 0. The van der Waals surface area contributed by atoms with E-state index in [0.29, 0.717) is 6.42 Å². The van der Waals surface area contributed by atoms with Crippen LogP contribution in [0.4, 0.5) is 0 Å². The molecular formula is C12H17BO3. The normalized spacial score (nSPS) is 27.1. The SMILES string of the molecule is CC1(C)OB(C2=CC(=O)CC=C2)OC1(C)C. The van der Waals surface area contributed by atoms with Crippen molar-refractivity contribution in [3.8, 4) is 0 Å². The molecule has 2 rings (SSSR count). The molecule has 0 radical (unpaired) electrons. The molecule has 1 heterocycles. The van der Waals surface area contributed by atoms with Crippen molar-refractivity contribution in [2.24, 2.45) is 0 Å². The predicted molar refractivity (Wildman–Crippen MR) is 62.9 cm³/mol. The van der Waals surface area contributed by atoms with Gasteiger partial charge >= 0.3 is 7.12 Å². The lowest BCUT2D eigenvalue weighted by atomic mass is 9.75. The Morgan fingerprint density at radius 2 is 1.75 bits per heavy atom. The first-order chi connectivity index (χ1) is 7.32. The van der Waals surface area contributed by atoms with Crippen molar-refractivity contribution in [3.63, 3.8) is 0 Å². The van der Waals surface area contributed by atoms with Crippen LogP contribution in [0.1, 0.15) is 34.1 Å². The molecule has 0 aromatic rings. The third-order valence-electron chi connectivity index (χ3n) is 3.48. The van der Waals surface area contributed by atoms with E-state index in [1.165, 1.54) is 0 Å². The molecule has 3 nitrogen and oxygen atoms in total. The van der Waals surface area contributed by atoms with E-state index in [9.17, 15) is 4.79 Å². The Balaban J connectivity index is 2.21. The summed E-state index contributed by atoms with van der Waals surface area (Å²) in [5.41, 5.74) is 0.106. The molecule has 0 atom stereocenters. The molecule has 86 valence electrons. The Kier molecular flexibility index (Phi) is 2.59. The first-order valence-corrected chi connectivity index (χ1v) is 5.58. The molecule has 1 fully saturated rings. The van der Waals surface area contributed by atoms with Gasteiger partial charge in [-0.15, -0.1) is 0 Å². The van der Waals surface area contributed by atoms with Crippen LogP contribution >= 0.6 is 0 Å². The zero-order valence-corrected chi connectivity index (χ0v) is 10.2. The van der Waals surface area contributed by atoms with Gasteiger partial charge in [-0.25, -0.2) is 0 Å². The van der Waals surface area contributed by atoms with E-state index in [-0.39, 0.29) is 17.0 Å². The van der Waals surface area contributed by atoms with Crippen molar-refractivity contribution in [1.29, 1.82) is 0 Å². The standard InChI is InChI=1S/C12H17BO3/c1-11(2)12(3,4)16-13(15-11)9-6-5-7-10(14)8-9/h5-6,8H,7H2,1-4H3. The van der Waals surface area contributed by atoms with Gasteiger partial charge < -0.3 is 9.31 Å². The van der Waals surface area contributed by atoms with E-state index in [1.807, 2.05) is 39.8 Å². The van der Waals surface area contributed by atoms with Gasteiger partial charge in [-0.2, -0.15) is 0 Å². The number of hydrogen-bond acceptors (Lipinski definition) is 3. The molecule has 2 aliphatic rings. The number of allylic oxidation sites excluding steroid dienone is 4. The Bertz CT molecular complexity index is 364. The highest BCUT2D eigenvalue weighted by molar-refractivity contribution is 6.56. The Morgan fingerprint density at radius 1 is 1.19 bits per heavy atom. The monoisotopic (exact) mass is 220 g/mol. The van der Waals surface area contributed by atoms with E-state index in [4.69, 9.17) is 9.31 Å². The van der Waals surface area contributed by atoms with Gasteiger partial charge in [0.15, 0.2) is 5.78 Å². The van der Waals surface area contributed by atoms with Gasteiger partial charge in [-0.1, -0.05) is 12.2 Å². The van der Waals surface area contributed by atoms with E-state index >= 15 is 0 Å². The Morgan fingerprint density at radius 3 is 2.25 bits per heavy atom. The summed E-state index contributed by atoms with van der Waals surface area (Å²) in [6.07, 6.45) is 5.84. The van der Waals surface area contributed by atoms with Gasteiger partial charge in [-0.3, -0.25) is 4.79 Å². The first-order valence-electron chi connectivity index (χ1n) is 5.58. The molecule has 0 spiro atoms. The van der Waals surface area contributed by atoms with Crippen LogP contribution in [0, 0.1) is 0 Å². The molecule has 0 aromatic carbocycles. The molecule has 0 aromatic heterocycles. The summed E-state index contributed by atoms with van der Waals surface area (Å²) in [4.78, 5) is 11.3. The van der Waals surface area contributed by atoms with Crippen LogP contribution in [0.3, 0.4) is 0 Å². The second-order valence-corrected chi connectivity index (χ2v) is 5.31. The first kappa shape index (κ1) is 11.6. The fourth-order valence-corrected chi connectivity index (χ4v) is 1.73. The van der Waals surface area contributed by atoms with Crippen molar-refractivity contribution in [2.45, 2.75) is 45.3 Å². The fraction of sp³-hybridized carbons (Fsp3) is 0.583. The van der Waals surface area contributed by atoms with Crippen LogP contribution in [-0.2, 0) is 14.1 Å². The molecule has 1 aliphatic carbocycles. The lowest BCUT2D eigenvalue weighted by Gasteiger charge is -2.32. The van der Waals surface area contributed by atoms with Crippen LogP contribution in [0.2, 0.25) is 0 Å². The molecule has 0 amide bonds. The summed E-state index contributed by atoms with van der Waals surface area (Å²) < 4.78 is 11.7. The number of carbonyl (C=O) groups excluding carboxylic acids is 1. The van der Waals surface area contributed by atoms with Crippen molar-refractivity contribution < 1.29 is 14.1 Å². The van der Waals surface area contributed by atoms with Gasteiger partial charge in [0.1, 0.15) is 0 Å². The average Bonchev–Trinajstić information content (AvgIpc) is 2.36. The van der Waals surface area contributed by atoms with Crippen molar-refractivity contribution in [3.05, 3.63) is 23.7 Å². The van der Waals surface area contributed by atoms with Gasteiger partial charge in [-0.05, 0) is 39.2 Å². The van der Waals surface area contributed by atoms with E-state index in [2.05, 4.69) is 0 Å². The minimum atomic E-state index is -0.425. The molecular weight excluding hydrogens is 203 g/mol. The van der Waals surface area contributed by atoms with Crippen LogP contribution in [0.5, 0.6) is 0 Å². The topological polar surface area (TPSA) is 35.5 Å². The summed E-state index contributed by atoms with van der Waals surface area (Å²) in [7, 11) is -0.425. The Labute approximate surface area is 96.6 Å². The van der Waals surface area contributed by atoms with Gasteiger partial charge in [0, 0.05) is 6.42 Å². The smallest absolute Gasteiger partial charge is 0.399 e. The largest absolute Gasteiger partial charge is 0.494 e. The lowest BCUT2D eigenvalue weighted by molar-refractivity contribution is -0.113. The zero-order valence-electron chi connectivity index (χ0n) is 10.2.